The number of cyclic esters (lactones) is 1. The molecule has 0 spiro atoms. The first-order valence-corrected chi connectivity index (χ1v) is 10.1. The van der Waals surface area contributed by atoms with Gasteiger partial charge in [0.25, 0.3) is 10.8 Å². The lowest BCUT2D eigenvalue weighted by Crippen LogP contribution is -2.37. The third kappa shape index (κ3) is 4.00. The third-order valence-corrected chi connectivity index (χ3v) is 5.78. The highest BCUT2D eigenvalue weighted by atomic mass is 32.2. The first-order valence-electron chi connectivity index (χ1n) is 9.30. The van der Waals surface area contributed by atoms with Crippen molar-refractivity contribution in [3.05, 3.63) is 102 Å². The van der Waals surface area contributed by atoms with E-state index in [9.17, 15) is 14.0 Å². The molecule has 3 aromatic rings. The molecule has 0 N–H and O–H groups in total. The van der Waals surface area contributed by atoms with Crippen molar-refractivity contribution in [2.45, 2.75) is 16.8 Å². The van der Waals surface area contributed by atoms with E-state index in [1.54, 1.807) is 12.2 Å². The summed E-state index contributed by atoms with van der Waals surface area (Å²) in [5, 5.41) is 0. The Morgan fingerprint density at radius 2 is 1.70 bits per heavy atom. The molecule has 1 aliphatic heterocycles. The fourth-order valence-electron chi connectivity index (χ4n) is 3.05. The standard InChI is InChI=1S/C24H18FNO3S/c1-17-10-12-21(13-11-17)30-24(15-14-18-6-3-2-4-7-18)22(27)26(23(28)29-24)20-9-5-8-19(25)16-20/h2-16H,1H3/b15-14+. The van der Waals surface area contributed by atoms with Gasteiger partial charge in [0.1, 0.15) is 5.82 Å². The predicted octanol–water partition coefficient (Wildman–Crippen LogP) is 5.82. The number of hydrogen-bond donors (Lipinski definition) is 0. The topological polar surface area (TPSA) is 46.6 Å². The maximum Gasteiger partial charge on any atom is 0.423 e. The molecule has 1 aliphatic rings. The van der Waals surface area contributed by atoms with Crippen LogP contribution in [0.4, 0.5) is 14.9 Å². The molecule has 30 heavy (non-hydrogen) atoms. The molecule has 0 aromatic heterocycles. The summed E-state index contributed by atoms with van der Waals surface area (Å²) in [6, 6.07) is 22.3. The molecule has 1 heterocycles. The lowest BCUT2D eigenvalue weighted by molar-refractivity contribution is -0.121. The van der Waals surface area contributed by atoms with Gasteiger partial charge in [-0.1, -0.05) is 71.9 Å². The van der Waals surface area contributed by atoms with Gasteiger partial charge in [0.15, 0.2) is 0 Å². The number of ether oxygens (including phenoxy) is 1. The first-order chi connectivity index (χ1) is 14.5. The highest BCUT2D eigenvalue weighted by Gasteiger charge is 2.54. The van der Waals surface area contributed by atoms with Crippen LogP contribution in [0.15, 0.2) is 89.8 Å². The quantitative estimate of drug-likeness (QED) is 0.523. The van der Waals surface area contributed by atoms with E-state index in [0.29, 0.717) is 0 Å². The molecular weight excluding hydrogens is 401 g/mol. The largest absolute Gasteiger partial charge is 0.423 e. The van der Waals surface area contributed by atoms with Gasteiger partial charge in [0.2, 0.25) is 0 Å². The summed E-state index contributed by atoms with van der Waals surface area (Å²) in [7, 11) is 0. The van der Waals surface area contributed by atoms with Gasteiger partial charge in [-0.25, -0.2) is 14.1 Å². The molecule has 1 atom stereocenters. The number of imide groups is 1. The Kier molecular flexibility index (Phi) is 5.42. The van der Waals surface area contributed by atoms with Crippen LogP contribution in [0.3, 0.4) is 0 Å². The van der Waals surface area contributed by atoms with Crippen molar-refractivity contribution in [3.8, 4) is 0 Å². The summed E-state index contributed by atoms with van der Waals surface area (Å²) in [6.45, 7) is 1.96. The van der Waals surface area contributed by atoms with Gasteiger partial charge in [-0.3, -0.25) is 4.79 Å². The Hall–Kier alpha value is -3.38. The van der Waals surface area contributed by atoms with Crippen LogP contribution < -0.4 is 4.90 Å². The lowest BCUT2D eigenvalue weighted by atomic mass is 10.1. The van der Waals surface area contributed by atoms with Crippen LogP contribution in [0.5, 0.6) is 0 Å². The number of aryl methyl sites for hydroxylation is 1. The number of nitrogens with zero attached hydrogens (tertiary/aromatic N) is 1. The second kappa shape index (κ2) is 8.16. The van der Waals surface area contributed by atoms with Crippen LogP contribution in [0.1, 0.15) is 11.1 Å². The molecular formula is C24H18FNO3S. The predicted molar refractivity (Wildman–Crippen MR) is 116 cm³/mol. The number of carbonyl (C=O) groups excluding carboxylic acids is 2. The minimum atomic E-state index is -1.60. The van der Waals surface area contributed by atoms with Gasteiger partial charge in [0, 0.05) is 4.90 Å². The van der Waals surface area contributed by atoms with Crippen LogP contribution in [0.2, 0.25) is 0 Å². The van der Waals surface area contributed by atoms with Crippen LogP contribution in [0, 0.1) is 12.7 Å². The number of carbonyl (C=O) groups is 2. The number of amides is 2. The second-order valence-electron chi connectivity index (χ2n) is 6.82. The smallest absolute Gasteiger partial charge is 0.417 e. The van der Waals surface area contributed by atoms with E-state index in [4.69, 9.17) is 4.74 Å². The second-order valence-corrected chi connectivity index (χ2v) is 8.10. The number of thioether (sulfide) groups is 1. The Balaban J connectivity index is 1.75. The summed E-state index contributed by atoms with van der Waals surface area (Å²) >= 11 is 1.13. The van der Waals surface area contributed by atoms with Gasteiger partial charge in [-0.15, -0.1) is 0 Å². The van der Waals surface area contributed by atoms with E-state index in [-0.39, 0.29) is 5.69 Å². The minimum absolute atomic E-state index is 0.129. The normalized spacial score (nSPS) is 18.8. The number of hydrogen-bond acceptors (Lipinski definition) is 4. The number of benzene rings is 3. The molecule has 0 bridgehead atoms. The molecule has 0 aliphatic carbocycles. The Morgan fingerprint density at radius 1 is 0.967 bits per heavy atom. The zero-order chi connectivity index (χ0) is 21.1. The summed E-state index contributed by atoms with van der Waals surface area (Å²) in [5.74, 6) is -1.13. The lowest BCUT2D eigenvalue weighted by Gasteiger charge is -2.21. The fraction of sp³-hybridized carbons (Fsp3) is 0.0833. The molecule has 150 valence electrons. The van der Waals surface area contributed by atoms with Crippen molar-refractivity contribution < 1.29 is 18.7 Å². The van der Waals surface area contributed by atoms with Crippen molar-refractivity contribution in [2.75, 3.05) is 4.90 Å². The van der Waals surface area contributed by atoms with Gasteiger partial charge in [-0.05, 0) is 48.9 Å². The zero-order valence-corrected chi connectivity index (χ0v) is 16.9. The van der Waals surface area contributed by atoms with Crippen molar-refractivity contribution in [2.24, 2.45) is 0 Å². The molecule has 1 fully saturated rings. The van der Waals surface area contributed by atoms with Crippen LogP contribution in [-0.2, 0) is 9.53 Å². The summed E-state index contributed by atoms with van der Waals surface area (Å²) in [6.07, 6.45) is 2.47. The van der Waals surface area contributed by atoms with E-state index in [0.717, 1.165) is 38.8 Å². The highest BCUT2D eigenvalue weighted by molar-refractivity contribution is 8.01. The Bertz CT molecular complexity index is 1110. The van der Waals surface area contributed by atoms with E-state index in [1.807, 2.05) is 61.5 Å². The Morgan fingerprint density at radius 3 is 2.40 bits per heavy atom. The summed E-state index contributed by atoms with van der Waals surface area (Å²) in [5.41, 5.74) is 2.06. The van der Waals surface area contributed by atoms with Crippen molar-refractivity contribution in [1.29, 1.82) is 0 Å². The van der Waals surface area contributed by atoms with E-state index < -0.39 is 22.8 Å². The van der Waals surface area contributed by atoms with Crippen LogP contribution in [0.25, 0.3) is 6.08 Å². The minimum Gasteiger partial charge on any atom is -0.417 e. The molecule has 1 unspecified atom stereocenters. The van der Waals surface area contributed by atoms with Crippen molar-refractivity contribution in [1.82, 2.24) is 0 Å². The molecule has 6 heteroatoms. The molecule has 1 saturated heterocycles. The summed E-state index contributed by atoms with van der Waals surface area (Å²) < 4.78 is 19.3. The SMILES string of the molecule is Cc1ccc(SC2(/C=C/c3ccccc3)OC(=O)N(c3cccc(F)c3)C2=O)cc1. The van der Waals surface area contributed by atoms with E-state index >= 15 is 0 Å². The maximum absolute atomic E-state index is 13.7. The van der Waals surface area contributed by atoms with Crippen molar-refractivity contribution >= 4 is 35.5 Å². The molecule has 0 saturated carbocycles. The van der Waals surface area contributed by atoms with Gasteiger partial charge in [-0.2, -0.15) is 0 Å². The van der Waals surface area contributed by atoms with E-state index in [2.05, 4.69) is 0 Å². The fourth-order valence-corrected chi connectivity index (χ4v) is 4.10. The third-order valence-electron chi connectivity index (χ3n) is 4.57. The number of rotatable bonds is 5. The average molecular weight is 419 g/mol. The number of halogens is 1. The average Bonchev–Trinajstić information content (AvgIpc) is 2.99. The van der Waals surface area contributed by atoms with Crippen LogP contribution in [-0.4, -0.2) is 16.9 Å². The molecule has 3 aromatic carbocycles. The maximum atomic E-state index is 13.7. The molecule has 0 radical (unpaired) electrons. The molecule has 4 rings (SSSR count). The molecule has 2 amide bonds. The first kappa shape index (κ1) is 19.9. The number of anilines is 1. The van der Waals surface area contributed by atoms with Gasteiger partial charge >= 0.3 is 6.09 Å². The summed E-state index contributed by atoms with van der Waals surface area (Å²) in [4.78, 5) is 26.1. The Labute approximate surface area is 178 Å². The zero-order valence-electron chi connectivity index (χ0n) is 16.1. The highest BCUT2D eigenvalue weighted by Crippen LogP contribution is 2.43. The van der Waals surface area contributed by atoms with Crippen LogP contribution >= 0.6 is 11.8 Å². The van der Waals surface area contributed by atoms with E-state index in [1.165, 1.54) is 18.2 Å². The van der Waals surface area contributed by atoms with Gasteiger partial charge < -0.3 is 4.74 Å². The van der Waals surface area contributed by atoms with Gasteiger partial charge in [0.05, 0.1) is 5.69 Å². The van der Waals surface area contributed by atoms with Crippen molar-refractivity contribution in [3.63, 3.8) is 0 Å². The molecule has 4 nitrogen and oxygen atoms in total. The monoisotopic (exact) mass is 419 g/mol.